The standard InChI is InChI=1S/C18H21O3S.Hg/c1-12-6-11-17(14(3)13(12)2)18(4,5)15-7-9-16(10-8-15)22(19,20)21;/h6-9,11H,1-5H3,(H,19,20,21);. The summed E-state index contributed by atoms with van der Waals surface area (Å²) in [6.45, 7) is 10.7. The molecule has 2 aromatic rings. The van der Waals surface area contributed by atoms with Crippen molar-refractivity contribution < 1.29 is 39.1 Å². The van der Waals surface area contributed by atoms with Crippen LogP contribution in [-0.4, -0.2) is 13.0 Å². The van der Waals surface area contributed by atoms with Gasteiger partial charge in [0.1, 0.15) is 0 Å². The molecule has 0 atom stereocenters. The number of aryl methyl sites for hydroxylation is 1. The third kappa shape index (κ3) is 3.54. The van der Waals surface area contributed by atoms with Crippen molar-refractivity contribution in [3.05, 3.63) is 58.1 Å². The Labute approximate surface area is 154 Å². The maximum atomic E-state index is 11.4. The van der Waals surface area contributed by atoms with Crippen LogP contribution < -0.4 is 3.07 Å². The number of hydrogen-bond donors (Lipinski definition) is 1. The van der Waals surface area contributed by atoms with Crippen LogP contribution in [0.1, 0.15) is 41.7 Å². The molecule has 0 aliphatic rings. The molecule has 23 heavy (non-hydrogen) atoms. The minimum atomic E-state index is -4.13. The molecule has 0 saturated carbocycles. The predicted octanol–water partition coefficient (Wildman–Crippen LogP) is 3.36. The van der Waals surface area contributed by atoms with Crippen LogP contribution >= 0.6 is 0 Å². The van der Waals surface area contributed by atoms with Crippen LogP contribution in [0.15, 0.2) is 35.2 Å². The van der Waals surface area contributed by atoms with Crippen molar-refractivity contribution in [2.45, 2.75) is 44.9 Å². The molecule has 0 aromatic heterocycles. The number of benzene rings is 2. The molecular weight excluding hydrogens is 497 g/mol. The van der Waals surface area contributed by atoms with Crippen LogP contribution in [0.25, 0.3) is 0 Å². The zero-order chi connectivity index (χ0) is 17.6. The van der Waals surface area contributed by atoms with E-state index in [0.717, 1.165) is 8.64 Å². The van der Waals surface area contributed by atoms with Gasteiger partial charge in [-0.2, -0.15) is 0 Å². The van der Waals surface area contributed by atoms with E-state index in [-0.39, 0.29) is 36.4 Å². The fourth-order valence-electron chi connectivity index (χ4n) is 3.01. The molecule has 3 nitrogen and oxygen atoms in total. The monoisotopic (exact) mass is 519 g/mol. The van der Waals surface area contributed by atoms with Crippen LogP contribution in [0.3, 0.4) is 0 Å². The van der Waals surface area contributed by atoms with E-state index in [0.29, 0.717) is 0 Å². The molecule has 0 radical (unpaired) electrons. The summed E-state index contributed by atoms with van der Waals surface area (Å²) in [4.78, 5) is 0.0530. The molecule has 0 fully saturated rings. The Morgan fingerprint density at radius 1 is 1.00 bits per heavy atom. The van der Waals surface area contributed by atoms with Gasteiger partial charge < -0.3 is 0 Å². The number of hydrogen-bond acceptors (Lipinski definition) is 2. The van der Waals surface area contributed by atoms with Gasteiger partial charge in [0, 0.05) is 0 Å². The van der Waals surface area contributed by atoms with Crippen molar-refractivity contribution in [2.75, 3.05) is 0 Å². The summed E-state index contributed by atoms with van der Waals surface area (Å²) in [5, 5.41) is 0. The summed E-state index contributed by atoms with van der Waals surface area (Å²) >= 11 is 0.0978. The van der Waals surface area contributed by atoms with Gasteiger partial charge in [-0.15, -0.1) is 0 Å². The third-order valence-corrected chi connectivity index (χ3v) is 9.02. The first-order valence-corrected chi connectivity index (χ1v) is 11.7. The molecule has 0 aliphatic heterocycles. The van der Waals surface area contributed by atoms with Crippen molar-refractivity contribution in [1.82, 2.24) is 0 Å². The molecule has 5 heteroatoms. The van der Waals surface area contributed by atoms with E-state index in [1.807, 2.05) is 12.1 Å². The third-order valence-electron chi connectivity index (χ3n) is 4.79. The van der Waals surface area contributed by atoms with Crippen molar-refractivity contribution in [3.8, 4) is 0 Å². The van der Waals surface area contributed by atoms with Gasteiger partial charge in [-0.3, -0.25) is 0 Å². The average molecular weight is 518 g/mol. The van der Waals surface area contributed by atoms with Crippen LogP contribution in [0.4, 0.5) is 0 Å². The first kappa shape index (κ1) is 18.6. The number of rotatable bonds is 3. The second-order valence-corrected chi connectivity index (χ2v) is 11.0. The van der Waals surface area contributed by atoms with E-state index < -0.39 is 10.1 Å². The van der Waals surface area contributed by atoms with E-state index in [9.17, 15) is 13.0 Å². The van der Waals surface area contributed by atoms with Gasteiger partial charge >= 0.3 is 155 Å². The van der Waals surface area contributed by atoms with Gasteiger partial charge in [0.15, 0.2) is 0 Å². The van der Waals surface area contributed by atoms with E-state index in [1.165, 1.54) is 28.3 Å². The van der Waals surface area contributed by atoms with Gasteiger partial charge in [0.05, 0.1) is 0 Å². The molecule has 2 aromatic carbocycles. The molecule has 0 amide bonds. The second-order valence-electron chi connectivity index (χ2n) is 6.60. The van der Waals surface area contributed by atoms with Crippen LogP contribution in [-0.2, 0) is 41.7 Å². The predicted molar refractivity (Wildman–Crippen MR) is 88.7 cm³/mol. The Kier molecular flexibility index (Phi) is 5.10. The Morgan fingerprint density at radius 2 is 1.61 bits per heavy atom. The maximum absolute atomic E-state index is 11.4. The van der Waals surface area contributed by atoms with Gasteiger partial charge in [-0.25, -0.2) is 0 Å². The Hall–Kier alpha value is -0.715. The molecular formula is C18H21HgO3S. The van der Waals surface area contributed by atoms with Gasteiger partial charge in [-0.1, -0.05) is 0 Å². The second kappa shape index (κ2) is 6.30. The molecule has 119 valence electrons. The summed E-state index contributed by atoms with van der Waals surface area (Å²) < 4.78 is 32.9. The zero-order valence-corrected chi connectivity index (χ0v) is 20.6. The van der Waals surface area contributed by atoms with Gasteiger partial charge in [0.25, 0.3) is 0 Å². The molecule has 0 unspecified atom stereocenters. The normalized spacial score (nSPS) is 12.5. The minimum absolute atomic E-state index is 0.0530. The van der Waals surface area contributed by atoms with Gasteiger partial charge in [0.2, 0.25) is 0 Å². The summed E-state index contributed by atoms with van der Waals surface area (Å²) in [6, 6.07) is 9.57. The Bertz CT molecular complexity index is 868. The Balaban J connectivity index is 2.61. The zero-order valence-electron chi connectivity index (χ0n) is 14.3. The van der Waals surface area contributed by atoms with Gasteiger partial charge in [-0.05, 0) is 0 Å². The quantitative estimate of drug-likeness (QED) is 0.502. The van der Waals surface area contributed by atoms with Crippen molar-refractivity contribution in [3.63, 3.8) is 0 Å². The van der Waals surface area contributed by atoms with Crippen molar-refractivity contribution >= 4 is 13.2 Å². The van der Waals surface area contributed by atoms with Crippen LogP contribution in [0.2, 0.25) is 0 Å². The summed E-state index contributed by atoms with van der Waals surface area (Å²) in [5.41, 5.74) is 5.92. The van der Waals surface area contributed by atoms with Crippen molar-refractivity contribution in [2.24, 2.45) is 0 Å². The van der Waals surface area contributed by atoms with E-state index in [1.54, 1.807) is 0 Å². The van der Waals surface area contributed by atoms with E-state index in [4.69, 9.17) is 0 Å². The van der Waals surface area contributed by atoms with Crippen LogP contribution in [0.5, 0.6) is 0 Å². The van der Waals surface area contributed by atoms with Crippen molar-refractivity contribution in [1.29, 1.82) is 0 Å². The average Bonchev–Trinajstić information content (AvgIpc) is 2.43. The first-order chi connectivity index (χ1) is 10.5. The summed E-state index contributed by atoms with van der Waals surface area (Å²) in [7, 11) is -4.13. The summed E-state index contributed by atoms with van der Waals surface area (Å²) in [6.07, 6.45) is 0. The Morgan fingerprint density at radius 3 is 2.13 bits per heavy atom. The van der Waals surface area contributed by atoms with Crippen LogP contribution in [0, 0.1) is 20.8 Å². The van der Waals surface area contributed by atoms with E-state index >= 15 is 0 Å². The SMILES string of the molecule is Cc1ccc(C(C)(C)c2ccc(S(=O)(=O)O)[c]([Hg])c2)c(C)c1C. The topological polar surface area (TPSA) is 54.4 Å². The summed E-state index contributed by atoms with van der Waals surface area (Å²) in [5.74, 6) is 0. The van der Waals surface area contributed by atoms with E-state index in [2.05, 4.69) is 46.8 Å². The molecule has 0 bridgehead atoms. The molecule has 0 aliphatic carbocycles. The molecule has 0 heterocycles. The molecule has 1 N–H and O–H groups in total. The molecule has 2 rings (SSSR count). The molecule has 0 saturated heterocycles. The molecule has 0 spiro atoms. The fourth-order valence-corrected chi connectivity index (χ4v) is 7.08. The first-order valence-electron chi connectivity index (χ1n) is 7.47. The fraction of sp³-hybridized carbons (Fsp3) is 0.333.